The van der Waals surface area contributed by atoms with E-state index < -0.39 is 15.7 Å². The lowest BCUT2D eigenvalue weighted by Crippen LogP contribution is -2.34. The van der Waals surface area contributed by atoms with Gasteiger partial charge in [-0.1, -0.05) is 11.6 Å². The third-order valence-electron chi connectivity index (χ3n) is 1.19. The van der Waals surface area contributed by atoms with Gasteiger partial charge in [-0.25, -0.2) is 9.00 Å². The molecule has 4 nitrogen and oxygen atoms in total. The minimum atomic E-state index is -2.84. The number of carbonyl (C=O) groups excluding carboxylic acids is 1. The van der Waals surface area contributed by atoms with E-state index in [1.807, 2.05) is 0 Å². The van der Waals surface area contributed by atoms with Gasteiger partial charge >= 0.3 is 6.03 Å². The van der Waals surface area contributed by atoms with Gasteiger partial charge < -0.3 is 5.73 Å². The maximum Gasteiger partial charge on any atom is 0.323 e. The first-order chi connectivity index (χ1) is 5.92. The lowest BCUT2D eigenvalue weighted by atomic mass is 10.7. The number of rotatable bonds is 2. The number of hydrogen-bond donors (Lipinski definition) is 2. The topological polar surface area (TPSA) is 72.2 Å². The van der Waals surface area contributed by atoms with Gasteiger partial charge in [-0.05, 0) is 11.9 Å². The second-order valence-electron chi connectivity index (χ2n) is 2.23. The molecular formula is C6H7ClN2O2S2. The highest BCUT2D eigenvalue weighted by atomic mass is 35.5. The van der Waals surface area contributed by atoms with E-state index in [2.05, 4.69) is 10.6 Å². The molecule has 2 amide bonds. The summed E-state index contributed by atoms with van der Waals surface area (Å²) in [6.45, 7) is 0. The van der Waals surface area contributed by atoms with Crippen molar-refractivity contribution in [3.63, 3.8) is 0 Å². The zero-order chi connectivity index (χ0) is 10.1. The van der Waals surface area contributed by atoms with Gasteiger partial charge in [0.15, 0.2) is 0 Å². The van der Waals surface area contributed by atoms with E-state index in [-0.39, 0.29) is 0 Å². The summed E-state index contributed by atoms with van der Waals surface area (Å²) < 4.78 is 14.2. The fourth-order valence-electron chi connectivity index (χ4n) is 0.689. The van der Waals surface area contributed by atoms with E-state index in [1.54, 1.807) is 5.38 Å². The Balaban J connectivity index is 3.01. The molecule has 0 radical (unpaired) electrons. The minimum Gasteiger partial charge on any atom is -0.351 e. The Morgan fingerprint density at radius 1 is 1.77 bits per heavy atom. The quantitative estimate of drug-likeness (QED) is 0.757. The molecule has 72 valence electrons. The lowest BCUT2D eigenvalue weighted by Gasteiger charge is -2.05. The second-order valence-corrected chi connectivity index (χ2v) is 5.80. The number of carbonyl (C=O) groups is 1. The van der Waals surface area contributed by atoms with Crippen LogP contribution >= 0.6 is 22.9 Å². The van der Waals surface area contributed by atoms with Crippen LogP contribution < -0.4 is 10.5 Å². The highest BCUT2D eigenvalue weighted by Crippen LogP contribution is 2.23. The van der Waals surface area contributed by atoms with Gasteiger partial charge in [0.1, 0.15) is 0 Å². The van der Waals surface area contributed by atoms with Gasteiger partial charge in [0.25, 0.3) is 0 Å². The minimum absolute atomic E-state index is 0.376. The van der Waals surface area contributed by atoms with E-state index in [1.165, 1.54) is 17.4 Å². The van der Waals surface area contributed by atoms with E-state index in [4.69, 9.17) is 17.3 Å². The maximum absolute atomic E-state index is 11.6. The molecule has 1 rings (SSSR count). The van der Waals surface area contributed by atoms with Gasteiger partial charge in [-0.3, -0.25) is 4.72 Å². The molecule has 0 bridgehead atoms. The van der Waals surface area contributed by atoms with Crippen molar-refractivity contribution < 1.29 is 9.00 Å². The molecule has 1 aromatic heterocycles. The summed E-state index contributed by atoms with van der Waals surface area (Å²) in [5.41, 5.74) is 4.82. The maximum atomic E-state index is 11.6. The molecule has 7 heteroatoms. The molecule has 0 saturated carbocycles. The molecule has 0 aliphatic carbocycles. The van der Waals surface area contributed by atoms with Crippen LogP contribution in [0.4, 0.5) is 4.79 Å². The molecule has 0 aliphatic heterocycles. The van der Waals surface area contributed by atoms with Crippen molar-refractivity contribution in [1.29, 1.82) is 0 Å². The van der Waals surface area contributed by atoms with Gasteiger partial charge in [0.05, 0.1) is 18.9 Å². The van der Waals surface area contributed by atoms with E-state index in [9.17, 15) is 9.00 Å². The summed E-state index contributed by atoms with van der Waals surface area (Å²) in [4.78, 5) is 10.8. The lowest BCUT2D eigenvalue weighted by molar-refractivity contribution is 0.254. The van der Waals surface area contributed by atoms with E-state index in [0.717, 1.165) is 0 Å². The fourth-order valence-corrected chi connectivity index (χ4v) is 3.09. The van der Waals surface area contributed by atoms with Crippen molar-refractivity contribution in [2.24, 2.45) is 5.73 Å². The van der Waals surface area contributed by atoms with Gasteiger partial charge in [0, 0.05) is 5.38 Å². The van der Waals surface area contributed by atoms with Gasteiger partial charge in [-0.15, -0.1) is 11.3 Å². The number of primary amides is 1. The number of amides is 2. The first-order valence-corrected chi connectivity index (χ1v) is 6.09. The van der Waals surface area contributed by atoms with Crippen molar-refractivity contribution in [2.45, 2.75) is 4.90 Å². The molecule has 13 heavy (non-hydrogen) atoms. The van der Waals surface area contributed by atoms with E-state index >= 15 is 0 Å². The Morgan fingerprint density at radius 2 is 2.38 bits per heavy atom. The van der Waals surface area contributed by atoms with Crippen LogP contribution in [-0.2, 0) is 9.71 Å². The summed E-state index contributed by atoms with van der Waals surface area (Å²) >= 11 is 6.84. The first kappa shape index (κ1) is 10.4. The summed E-state index contributed by atoms with van der Waals surface area (Å²) in [6, 6.07) is 0.611. The molecular weight excluding hydrogens is 232 g/mol. The Morgan fingerprint density at radius 3 is 2.77 bits per heavy atom. The Bertz CT molecular complexity index is 424. The molecule has 1 atom stereocenters. The van der Waals surface area contributed by atoms with Crippen molar-refractivity contribution in [1.82, 2.24) is 4.72 Å². The zero-order valence-corrected chi connectivity index (χ0v) is 8.84. The average molecular weight is 239 g/mol. The van der Waals surface area contributed by atoms with Crippen LogP contribution in [-0.4, -0.2) is 16.1 Å². The zero-order valence-electron chi connectivity index (χ0n) is 6.45. The van der Waals surface area contributed by atoms with Crippen molar-refractivity contribution >= 4 is 44.5 Å². The Labute approximate surface area is 84.8 Å². The van der Waals surface area contributed by atoms with Gasteiger partial charge in [-0.2, -0.15) is 0 Å². The Hall–Kier alpha value is -0.720. The third-order valence-corrected chi connectivity index (χ3v) is 3.96. The highest BCUT2D eigenvalue weighted by Gasteiger charge is 2.10. The molecule has 1 unspecified atom stereocenters. The number of nitrogens with one attached hydrogen (secondary N) is 1. The standard InChI is InChI=1S/C6H7ClN2O2S2/c1-13(11,9-6(8)10)4-2-5(7)12-3-4/h2-3H,1H2,(H3,8,9,10,11). The van der Waals surface area contributed by atoms with Crippen molar-refractivity contribution in [3.8, 4) is 0 Å². The molecule has 0 aliphatic rings. The molecule has 0 saturated heterocycles. The van der Waals surface area contributed by atoms with Crippen molar-refractivity contribution in [2.75, 3.05) is 0 Å². The molecule has 1 heterocycles. The second kappa shape index (κ2) is 3.57. The highest BCUT2D eigenvalue weighted by molar-refractivity contribution is 7.99. The molecule has 1 aromatic rings. The smallest absolute Gasteiger partial charge is 0.323 e. The summed E-state index contributed by atoms with van der Waals surface area (Å²) in [5.74, 6) is 3.36. The molecule has 3 N–H and O–H groups in total. The predicted molar refractivity (Wildman–Crippen MR) is 55.6 cm³/mol. The van der Waals surface area contributed by atoms with Crippen LogP contribution in [0.2, 0.25) is 4.34 Å². The summed E-state index contributed by atoms with van der Waals surface area (Å²) in [5, 5.41) is 1.56. The normalized spacial score (nSPS) is 14.8. The van der Waals surface area contributed by atoms with Crippen LogP contribution in [0.3, 0.4) is 0 Å². The summed E-state index contributed by atoms with van der Waals surface area (Å²) in [7, 11) is -2.84. The number of halogens is 1. The number of hydrogen-bond acceptors (Lipinski definition) is 3. The molecule has 0 aromatic carbocycles. The van der Waals surface area contributed by atoms with Gasteiger partial charge in [0.2, 0.25) is 0 Å². The van der Waals surface area contributed by atoms with Crippen LogP contribution in [0.1, 0.15) is 0 Å². The van der Waals surface area contributed by atoms with Crippen LogP contribution in [0.15, 0.2) is 16.3 Å². The first-order valence-electron chi connectivity index (χ1n) is 3.10. The van der Waals surface area contributed by atoms with Crippen LogP contribution in [0.25, 0.3) is 0 Å². The number of thiophene rings is 1. The van der Waals surface area contributed by atoms with Crippen molar-refractivity contribution in [3.05, 3.63) is 15.8 Å². The number of urea groups is 1. The molecule has 0 spiro atoms. The molecule has 0 fully saturated rings. The fraction of sp³-hybridized carbons (Fsp3) is 0. The van der Waals surface area contributed by atoms with E-state index in [0.29, 0.717) is 9.23 Å². The monoisotopic (exact) mass is 238 g/mol. The average Bonchev–Trinajstić information content (AvgIpc) is 2.32. The third kappa shape index (κ3) is 2.61. The summed E-state index contributed by atoms with van der Waals surface area (Å²) in [6.07, 6.45) is 0. The number of nitrogens with two attached hydrogens (primary N) is 1. The predicted octanol–water partition coefficient (Wildman–Crippen LogP) is 1.06. The van der Waals surface area contributed by atoms with Crippen LogP contribution in [0, 0.1) is 0 Å². The largest absolute Gasteiger partial charge is 0.351 e. The van der Waals surface area contributed by atoms with Crippen LogP contribution in [0.5, 0.6) is 0 Å². The SMILES string of the molecule is C=S(=O)(NC(N)=O)c1csc(Cl)c1. The Kier molecular flexibility index (Phi) is 2.84.